The SMILES string of the molecule is N#Cc1ccccc1CN1CCC2NC(=O)CCC2C1. The van der Waals surface area contributed by atoms with E-state index in [0.29, 0.717) is 18.4 Å². The van der Waals surface area contributed by atoms with Gasteiger partial charge in [0.2, 0.25) is 5.91 Å². The van der Waals surface area contributed by atoms with Crippen LogP contribution in [-0.2, 0) is 11.3 Å². The molecule has 2 fully saturated rings. The summed E-state index contributed by atoms with van der Waals surface area (Å²) in [6.07, 6.45) is 2.67. The Morgan fingerprint density at radius 3 is 3.05 bits per heavy atom. The molecule has 2 aliphatic heterocycles. The first-order valence-corrected chi connectivity index (χ1v) is 7.26. The fourth-order valence-corrected chi connectivity index (χ4v) is 3.34. The summed E-state index contributed by atoms with van der Waals surface area (Å²) >= 11 is 0. The number of nitriles is 1. The number of nitrogens with zero attached hydrogens (tertiary/aromatic N) is 2. The molecule has 2 atom stereocenters. The average molecular weight is 269 g/mol. The number of carbonyl (C=O) groups is 1. The van der Waals surface area contributed by atoms with E-state index in [2.05, 4.69) is 16.3 Å². The fraction of sp³-hybridized carbons (Fsp3) is 0.500. The largest absolute Gasteiger partial charge is 0.353 e. The highest BCUT2D eigenvalue weighted by molar-refractivity contribution is 5.77. The summed E-state index contributed by atoms with van der Waals surface area (Å²) < 4.78 is 0. The third kappa shape index (κ3) is 2.68. The second kappa shape index (κ2) is 5.64. The van der Waals surface area contributed by atoms with Crippen molar-refractivity contribution in [1.29, 1.82) is 5.26 Å². The van der Waals surface area contributed by atoms with E-state index in [0.717, 1.165) is 43.6 Å². The van der Waals surface area contributed by atoms with Crippen molar-refractivity contribution in [3.63, 3.8) is 0 Å². The van der Waals surface area contributed by atoms with Gasteiger partial charge in [-0.15, -0.1) is 0 Å². The second-order valence-corrected chi connectivity index (χ2v) is 5.77. The molecule has 4 heteroatoms. The number of likely N-dealkylation sites (tertiary alicyclic amines) is 1. The Kier molecular flexibility index (Phi) is 3.70. The molecule has 1 aromatic rings. The van der Waals surface area contributed by atoms with Gasteiger partial charge in [0, 0.05) is 32.1 Å². The number of rotatable bonds is 2. The molecule has 2 saturated heterocycles. The van der Waals surface area contributed by atoms with Gasteiger partial charge in [-0.2, -0.15) is 5.26 Å². The number of fused-ring (bicyclic) bond motifs is 1. The molecule has 2 heterocycles. The molecule has 104 valence electrons. The molecule has 3 rings (SSSR count). The molecule has 0 aromatic heterocycles. The highest BCUT2D eigenvalue weighted by Gasteiger charge is 2.33. The van der Waals surface area contributed by atoms with Crippen LogP contribution in [0.5, 0.6) is 0 Å². The lowest BCUT2D eigenvalue weighted by Crippen LogP contribution is -2.53. The first-order chi connectivity index (χ1) is 9.76. The van der Waals surface area contributed by atoms with Gasteiger partial charge < -0.3 is 5.32 Å². The molecule has 0 saturated carbocycles. The average Bonchev–Trinajstić information content (AvgIpc) is 2.48. The monoisotopic (exact) mass is 269 g/mol. The molecule has 1 N–H and O–H groups in total. The summed E-state index contributed by atoms with van der Waals surface area (Å²) in [6, 6.07) is 10.4. The summed E-state index contributed by atoms with van der Waals surface area (Å²) in [6.45, 7) is 2.84. The van der Waals surface area contributed by atoms with Crippen LogP contribution in [-0.4, -0.2) is 29.9 Å². The molecule has 0 spiro atoms. The van der Waals surface area contributed by atoms with E-state index >= 15 is 0 Å². The Hall–Kier alpha value is -1.86. The summed E-state index contributed by atoms with van der Waals surface area (Å²) in [5.41, 5.74) is 1.87. The Labute approximate surface area is 119 Å². The Morgan fingerprint density at radius 2 is 2.20 bits per heavy atom. The maximum absolute atomic E-state index is 11.4. The van der Waals surface area contributed by atoms with Crippen LogP contribution < -0.4 is 5.32 Å². The van der Waals surface area contributed by atoms with E-state index in [1.54, 1.807) is 0 Å². The van der Waals surface area contributed by atoms with Gasteiger partial charge in [0.05, 0.1) is 11.6 Å². The van der Waals surface area contributed by atoms with Crippen molar-refractivity contribution < 1.29 is 4.79 Å². The van der Waals surface area contributed by atoms with Gasteiger partial charge in [0.15, 0.2) is 0 Å². The minimum Gasteiger partial charge on any atom is -0.353 e. The predicted octanol–water partition coefficient (Wildman–Crippen LogP) is 1.66. The van der Waals surface area contributed by atoms with Gasteiger partial charge in [0.25, 0.3) is 0 Å². The molecular formula is C16H19N3O. The van der Waals surface area contributed by atoms with Crippen LogP contribution in [0.1, 0.15) is 30.4 Å². The van der Waals surface area contributed by atoms with Gasteiger partial charge in [-0.1, -0.05) is 18.2 Å². The molecular weight excluding hydrogens is 250 g/mol. The number of hydrogen-bond donors (Lipinski definition) is 1. The van der Waals surface area contributed by atoms with Crippen molar-refractivity contribution in [2.24, 2.45) is 5.92 Å². The van der Waals surface area contributed by atoms with E-state index < -0.39 is 0 Å². The molecule has 2 unspecified atom stereocenters. The van der Waals surface area contributed by atoms with E-state index in [1.807, 2.05) is 24.3 Å². The molecule has 2 aliphatic rings. The minimum absolute atomic E-state index is 0.203. The van der Waals surface area contributed by atoms with Crippen LogP contribution in [0, 0.1) is 17.2 Å². The smallest absolute Gasteiger partial charge is 0.220 e. The predicted molar refractivity (Wildman–Crippen MR) is 75.7 cm³/mol. The lowest BCUT2D eigenvalue weighted by Gasteiger charge is -2.41. The number of amides is 1. The minimum atomic E-state index is 0.203. The summed E-state index contributed by atoms with van der Waals surface area (Å²) in [7, 11) is 0. The first-order valence-electron chi connectivity index (χ1n) is 7.26. The highest BCUT2D eigenvalue weighted by atomic mass is 16.1. The molecule has 0 bridgehead atoms. The molecule has 1 aromatic carbocycles. The second-order valence-electron chi connectivity index (χ2n) is 5.77. The Morgan fingerprint density at radius 1 is 1.35 bits per heavy atom. The van der Waals surface area contributed by atoms with E-state index in [-0.39, 0.29) is 5.91 Å². The van der Waals surface area contributed by atoms with Crippen LogP contribution in [0.3, 0.4) is 0 Å². The standard InChI is InChI=1S/C16H19N3O/c17-9-12-3-1-2-4-13(12)10-19-8-7-15-14(11-19)5-6-16(20)18-15/h1-4,14-15H,5-8,10-11H2,(H,18,20). The number of piperidine rings is 2. The highest BCUT2D eigenvalue weighted by Crippen LogP contribution is 2.26. The van der Waals surface area contributed by atoms with Gasteiger partial charge in [0.1, 0.15) is 0 Å². The van der Waals surface area contributed by atoms with Crippen molar-refractivity contribution in [1.82, 2.24) is 10.2 Å². The Bertz CT molecular complexity index is 549. The van der Waals surface area contributed by atoms with Gasteiger partial charge in [-0.3, -0.25) is 9.69 Å². The normalized spacial score (nSPS) is 26.4. The van der Waals surface area contributed by atoms with Crippen LogP contribution in [0.15, 0.2) is 24.3 Å². The molecule has 0 radical (unpaired) electrons. The first kappa shape index (κ1) is 13.1. The third-order valence-corrected chi connectivity index (χ3v) is 4.44. The van der Waals surface area contributed by atoms with Crippen LogP contribution in [0.2, 0.25) is 0 Å². The summed E-state index contributed by atoms with van der Waals surface area (Å²) in [5.74, 6) is 0.769. The van der Waals surface area contributed by atoms with Crippen LogP contribution in [0.4, 0.5) is 0 Å². The lowest BCUT2D eigenvalue weighted by atomic mass is 9.85. The van der Waals surface area contributed by atoms with Crippen molar-refractivity contribution in [3.05, 3.63) is 35.4 Å². The van der Waals surface area contributed by atoms with Gasteiger partial charge in [-0.05, 0) is 30.4 Å². The van der Waals surface area contributed by atoms with E-state index in [1.165, 1.54) is 0 Å². The third-order valence-electron chi connectivity index (χ3n) is 4.44. The van der Waals surface area contributed by atoms with E-state index in [9.17, 15) is 4.79 Å². The summed E-state index contributed by atoms with van der Waals surface area (Å²) in [5, 5.41) is 12.3. The lowest BCUT2D eigenvalue weighted by molar-refractivity contribution is -0.125. The number of benzene rings is 1. The topological polar surface area (TPSA) is 56.1 Å². The number of nitrogens with one attached hydrogen (secondary N) is 1. The van der Waals surface area contributed by atoms with Crippen molar-refractivity contribution in [2.45, 2.75) is 31.8 Å². The number of hydrogen-bond acceptors (Lipinski definition) is 3. The van der Waals surface area contributed by atoms with Crippen molar-refractivity contribution in [3.8, 4) is 6.07 Å². The van der Waals surface area contributed by atoms with Crippen molar-refractivity contribution >= 4 is 5.91 Å². The van der Waals surface area contributed by atoms with Crippen LogP contribution in [0.25, 0.3) is 0 Å². The molecule has 4 nitrogen and oxygen atoms in total. The fourth-order valence-electron chi connectivity index (χ4n) is 3.34. The Balaban J connectivity index is 1.65. The summed E-state index contributed by atoms with van der Waals surface area (Å²) in [4.78, 5) is 13.8. The molecule has 20 heavy (non-hydrogen) atoms. The quantitative estimate of drug-likeness (QED) is 0.888. The maximum atomic E-state index is 11.4. The van der Waals surface area contributed by atoms with Gasteiger partial charge >= 0.3 is 0 Å². The molecule has 0 aliphatic carbocycles. The van der Waals surface area contributed by atoms with Gasteiger partial charge in [-0.25, -0.2) is 0 Å². The molecule has 1 amide bonds. The zero-order valence-corrected chi connectivity index (χ0v) is 11.5. The van der Waals surface area contributed by atoms with E-state index in [4.69, 9.17) is 5.26 Å². The van der Waals surface area contributed by atoms with Crippen LogP contribution >= 0.6 is 0 Å². The maximum Gasteiger partial charge on any atom is 0.220 e. The number of carbonyl (C=O) groups excluding carboxylic acids is 1. The zero-order chi connectivity index (χ0) is 13.9. The zero-order valence-electron chi connectivity index (χ0n) is 11.5. The van der Waals surface area contributed by atoms with Crippen molar-refractivity contribution in [2.75, 3.05) is 13.1 Å².